The third kappa shape index (κ3) is 8.48. The highest BCUT2D eigenvalue weighted by Gasteiger charge is 2.15. The van der Waals surface area contributed by atoms with Gasteiger partial charge in [-0.15, -0.1) is 0 Å². The first-order chi connectivity index (χ1) is 6.83. The minimum atomic E-state index is -0.323. The predicted octanol–water partition coefficient (Wildman–Crippen LogP) is 1.96. The fourth-order valence-corrected chi connectivity index (χ4v) is 1.14. The van der Waals surface area contributed by atoms with Crippen molar-refractivity contribution in [3.05, 3.63) is 0 Å². The topological polar surface area (TPSA) is 49.7 Å². The molecule has 0 aliphatic carbocycles. The molecule has 0 aromatic carbocycles. The molecule has 1 heterocycles. The first-order valence-electron chi connectivity index (χ1n) is 5.73. The van der Waals surface area contributed by atoms with Gasteiger partial charge in [0.1, 0.15) is 0 Å². The molecular formula is C11H26O3. The van der Waals surface area contributed by atoms with E-state index < -0.39 is 0 Å². The van der Waals surface area contributed by atoms with Gasteiger partial charge in [-0.05, 0) is 19.3 Å². The molecule has 0 spiro atoms. The van der Waals surface area contributed by atoms with Crippen LogP contribution in [0.5, 0.6) is 0 Å². The van der Waals surface area contributed by atoms with Gasteiger partial charge in [0.15, 0.2) is 0 Å². The highest BCUT2D eigenvalue weighted by Crippen LogP contribution is 2.12. The summed E-state index contributed by atoms with van der Waals surface area (Å²) in [4.78, 5) is 0. The molecule has 0 saturated carbocycles. The van der Waals surface area contributed by atoms with Crippen LogP contribution in [0.15, 0.2) is 0 Å². The number of rotatable bonds is 1. The van der Waals surface area contributed by atoms with Gasteiger partial charge in [-0.3, -0.25) is 0 Å². The van der Waals surface area contributed by atoms with E-state index in [1.807, 2.05) is 27.7 Å². The fourth-order valence-electron chi connectivity index (χ4n) is 1.14. The second kappa shape index (κ2) is 12.9. The van der Waals surface area contributed by atoms with Crippen LogP contribution < -0.4 is 0 Å². The van der Waals surface area contributed by atoms with Crippen molar-refractivity contribution in [1.82, 2.24) is 0 Å². The van der Waals surface area contributed by atoms with Crippen molar-refractivity contribution in [3.8, 4) is 0 Å². The fraction of sp³-hybridized carbons (Fsp3) is 1.00. The molecule has 0 amide bonds. The summed E-state index contributed by atoms with van der Waals surface area (Å²) in [6, 6.07) is 0. The number of aliphatic hydroxyl groups is 2. The van der Waals surface area contributed by atoms with Crippen LogP contribution in [-0.2, 0) is 4.74 Å². The van der Waals surface area contributed by atoms with Crippen LogP contribution in [0.25, 0.3) is 0 Å². The lowest BCUT2D eigenvalue weighted by molar-refractivity contribution is -0.0185. The molecule has 2 unspecified atom stereocenters. The van der Waals surface area contributed by atoms with Crippen LogP contribution in [-0.4, -0.2) is 35.6 Å². The second-order valence-corrected chi connectivity index (χ2v) is 2.72. The molecule has 3 heteroatoms. The number of aliphatic hydroxyl groups excluding tert-OH is 2. The zero-order valence-corrected chi connectivity index (χ0v) is 9.99. The van der Waals surface area contributed by atoms with Crippen LogP contribution in [0, 0.1) is 0 Å². The van der Waals surface area contributed by atoms with Crippen molar-refractivity contribution in [3.63, 3.8) is 0 Å². The first kappa shape index (κ1) is 16.3. The standard InChI is InChI=1S/C7H14O3.2C2H6/c8-4-7-3-1-2-6(9)5-10-7;2*1-2/h6-9H,1-5H2;2*1-2H3. The number of hydrogen-bond acceptors (Lipinski definition) is 3. The second-order valence-electron chi connectivity index (χ2n) is 2.72. The van der Waals surface area contributed by atoms with E-state index >= 15 is 0 Å². The molecule has 1 aliphatic heterocycles. The van der Waals surface area contributed by atoms with E-state index in [9.17, 15) is 0 Å². The van der Waals surface area contributed by atoms with Crippen molar-refractivity contribution < 1.29 is 14.9 Å². The van der Waals surface area contributed by atoms with Crippen molar-refractivity contribution in [2.45, 2.75) is 59.2 Å². The maximum atomic E-state index is 9.10. The number of ether oxygens (including phenoxy) is 1. The average Bonchev–Trinajstić information content (AvgIpc) is 2.48. The molecule has 2 atom stereocenters. The Hall–Kier alpha value is -0.120. The third-order valence-electron chi connectivity index (χ3n) is 1.79. The average molecular weight is 206 g/mol. The van der Waals surface area contributed by atoms with Crippen molar-refractivity contribution in [1.29, 1.82) is 0 Å². The molecule has 2 N–H and O–H groups in total. The molecule has 0 aromatic rings. The number of hydrogen-bond donors (Lipinski definition) is 2. The van der Waals surface area contributed by atoms with Crippen LogP contribution in [0.1, 0.15) is 47.0 Å². The predicted molar refractivity (Wildman–Crippen MR) is 59.4 cm³/mol. The van der Waals surface area contributed by atoms with Gasteiger partial charge in [0.25, 0.3) is 0 Å². The van der Waals surface area contributed by atoms with Gasteiger partial charge < -0.3 is 14.9 Å². The van der Waals surface area contributed by atoms with Gasteiger partial charge in [0.2, 0.25) is 0 Å². The highest BCUT2D eigenvalue weighted by atomic mass is 16.5. The normalized spacial score (nSPS) is 26.1. The summed E-state index contributed by atoms with van der Waals surface area (Å²) in [6.07, 6.45) is 2.25. The maximum Gasteiger partial charge on any atom is 0.0807 e. The Balaban J connectivity index is 0. The molecule has 1 fully saturated rings. The zero-order chi connectivity index (χ0) is 11.4. The summed E-state index contributed by atoms with van der Waals surface area (Å²) in [5.41, 5.74) is 0. The molecule has 3 nitrogen and oxygen atoms in total. The lowest BCUT2D eigenvalue weighted by Gasteiger charge is -2.10. The van der Waals surface area contributed by atoms with E-state index in [0.717, 1.165) is 19.3 Å². The Bertz CT molecular complexity index is 96.5. The molecule has 1 rings (SSSR count). The summed E-state index contributed by atoms with van der Waals surface area (Å²) >= 11 is 0. The first-order valence-corrected chi connectivity index (χ1v) is 5.73. The molecular weight excluding hydrogens is 180 g/mol. The van der Waals surface area contributed by atoms with Gasteiger partial charge in [0, 0.05) is 0 Å². The summed E-state index contributed by atoms with van der Waals surface area (Å²) in [6.45, 7) is 8.46. The monoisotopic (exact) mass is 206 g/mol. The Labute approximate surface area is 88.1 Å². The Morgan fingerprint density at radius 1 is 1.14 bits per heavy atom. The van der Waals surface area contributed by atoms with Gasteiger partial charge in [-0.25, -0.2) is 0 Å². The van der Waals surface area contributed by atoms with Crippen LogP contribution in [0.4, 0.5) is 0 Å². The maximum absolute atomic E-state index is 9.10. The minimum Gasteiger partial charge on any atom is -0.394 e. The lowest BCUT2D eigenvalue weighted by atomic mass is 10.1. The van der Waals surface area contributed by atoms with Crippen LogP contribution in [0.2, 0.25) is 0 Å². The molecule has 14 heavy (non-hydrogen) atoms. The van der Waals surface area contributed by atoms with Crippen molar-refractivity contribution in [2.75, 3.05) is 13.2 Å². The van der Waals surface area contributed by atoms with Gasteiger partial charge in [-0.1, -0.05) is 27.7 Å². The Morgan fingerprint density at radius 2 is 1.71 bits per heavy atom. The van der Waals surface area contributed by atoms with E-state index in [-0.39, 0.29) is 18.8 Å². The van der Waals surface area contributed by atoms with Crippen molar-refractivity contribution in [2.24, 2.45) is 0 Å². The molecule has 0 bridgehead atoms. The van der Waals surface area contributed by atoms with Gasteiger partial charge in [0.05, 0.1) is 25.4 Å². The summed E-state index contributed by atoms with van der Waals surface area (Å²) < 4.78 is 5.16. The smallest absolute Gasteiger partial charge is 0.0807 e. The van der Waals surface area contributed by atoms with Gasteiger partial charge in [-0.2, -0.15) is 0 Å². The molecule has 0 radical (unpaired) electrons. The largest absolute Gasteiger partial charge is 0.394 e. The summed E-state index contributed by atoms with van der Waals surface area (Å²) in [5, 5.41) is 17.8. The van der Waals surface area contributed by atoms with E-state index in [2.05, 4.69) is 0 Å². The molecule has 0 aromatic heterocycles. The quantitative estimate of drug-likeness (QED) is 0.689. The SMILES string of the molecule is CC.CC.OCC1CCCC(O)CO1. The zero-order valence-electron chi connectivity index (χ0n) is 9.99. The molecule has 88 valence electrons. The van der Waals surface area contributed by atoms with E-state index in [1.165, 1.54) is 0 Å². The van der Waals surface area contributed by atoms with E-state index in [0.29, 0.717) is 6.61 Å². The van der Waals surface area contributed by atoms with Gasteiger partial charge >= 0.3 is 0 Å². The lowest BCUT2D eigenvalue weighted by Crippen LogP contribution is -2.19. The van der Waals surface area contributed by atoms with Crippen LogP contribution in [0.3, 0.4) is 0 Å². The third-order valence-corrected chi connectivity index (χ3v) is 1.79. The van der Waals surface area contributed by atoms with E-state index in [4.69, 9.17) is 14.9 Å². The summed E-state index contributed by atoms with van der Waals surface area (Å²) in [7, 11) is 0. The van der Waals surface area contributed by atoms with E-state index in [1.54, 1.807) is 0 Å². The van der Waals surface area contributed by atoms with Crippen molar-refractivity contribution >= 4 is 0 Å². The Morgan fingerprint density at radius 3 is 2.21 bits per heavy atom. The molecule has 1 aliphatic rings. The summed E-state index contributed by atoms with van der Waals surface area (Å²) in [5.74, 6) is 0. The van der Waals surface area contributed by atoms with Crippen LogP contribution >= 0.6 is 0 Å². The molecule has 1 saturated heterocycles. The Kier molecular flexibility index (Phi) is 15.0. The highest BCUT2D eigenvalue weighted by molar-refractivity contribution is 4.65. The minimum absolute atomic E-state index is 0.0443.